The Labute approximate surface area is 141 Å². The average Bonchev–Trinajstić information content (AvgIpc) is 2.48. The maximum atomic E-state index is 5.94. The highest BCUT2D eigenvalue weighted by molar-refractivity contribution is 7.80. The van der Waals surface area contributed by atoms with Crippen LogP contribution in [-0.4, -0.2) is 18.2 Å². The fourth-order valence-corrected chi connectivity index (χ4v) is 2.32. The van der Waals surface area contributed by atoms with Crippen LogP contribution in [0.3, 0.4) is 0 Å². The van der Waals surface area contributed by atoms with Gasteiger partial charge in [-0.3, -0.25) is 0 Å². The van der Waals surface area contributed by atoms with Gasteiger partial charge in [-0.1, -0.05) is 36.0 Å². The molecule has 2 N–H and O–H groups in total. The van der Waals surface area contributed by atoms with Gasteiger partial charge in [0.05, 0.1) is 5.56 Å². The van der Waals surface area contributed by atoms with E-state index in [1.807, 2.05) is 26.0 Å². The summed E-state index contributed by atoms with van der Waals surface area (Å²) in [6, 6.07) is 11.3. The zero-order chi connectivity index (χ0) is 16.1. The van der Waals surface area contributed by atoms with Crippen LogP contribution in [0.5, 0.6) is 11.5 Å². The number of benzene rings is 2. The molecule has 0 aliphatic heterocycles. The quantitative estimate of drug-likeness (QED) is 0.639. The van der Waals surface area contributed by atoms with Crippen molar-refractivity contribution in [2.24, 2.45) is 5.73 Å². The molecule has 22 heavy (non-hydrogen) atoms. The summed E-state index contributed by atoms with van der Waals surface area (Å²) in [6.45, 7) is 4.87. The summed E-state index contributed by atoms with van der Waals surface area (Å²) in [7, 11) is 0. The molecule has 2 aromatic carbocycles. The van der Waals surface area contributed by atoms with E-state index in [-0.39, 0.29) is 4.99 Å². The Morgan fingerprint density at radius 3 is 2.41 bits per heavy atom. The largest absolute Gasteiger partial charge is 0.490 e. The maximum Gasteiger partial charge on any atom is 0.129 e. The summed E-state index contributed by atoms with van der Waals surface area (Å²) in [6.07, 6.45) is 0. The molecular formula is C17H18ClNO2S. The molecule has 0 amide bonds. The molecule has 2 rings (SSSR count). The molecule has 0 saturated heterocycles. The van der Waals surface area contributed by atoms with E-state index in [9.17, 15) is 0 Å². The molecular weight excluding hydrogens is 318 g/mol. The highest BCUT2D eigenvalue weighted by Gasteiger charge is 2.08. The van der Waals surface area contributed by atoms with Gasteiger partial charge in [0.2, 0.25) is 0 Å². The van der Waals surface area contributed by atoms with Crippen molar-refractivity contribution >= 4 is 28.8 Å². The van der Waals surface area contributed by atoms with Crippen molar-refractivity contribution in [3.05, 3.63) is 58.1 Å². The summed E-state index contributed by atoms with van der Waals surface area (Å²) in [5, 5.41) is 0.571. The predicted molar refractivity (Wildman–Crippen MR) is 94.2 cm³/mol. The third kappa shape index (κ3) is 4.36. The van der Waals surface area contributed by atoms with E-state index in [0.717, 1.165) is 16.9 Å². The van der Waals surface area contributed by atoms with Gasteiger partial charge in [-0.2, -0.15) is 0 Å². The lowest BCUT2D eigenvalue weighted by Gasteiger charge is -2.13. The Morgan fingerprint density at radius 2 is 1.73 bits per heavy atom. The summed E-state index contributed by atoms with van der Waals surface area (Å²) in [5.41, 5.74) is 8.57. The first-order valence-corrected chi connectivity index (χ1v) is 7.68. The molecule has 2 aromatic rings. The molecule has 0 aromatic heterocycles. The van der Waals surface area contributed by atoms with Crippen LogP contribution < -0.4 is 15.2 Å². The van der Waals surface area contributed by atoms with Crippen LogP contribution in [0.2, 0.25) is 5.02 Å². The molecule has 3 nitrogen and oxygen atoms in total. The SMILES string of the molecule is Cc1ccc(C)c(OCCOc2ccc(Cl)cc2C(N)=S)c1. The second-order valence-electron chi connectivity index (χ2n) is 4.97. The molecule has 0 heterocycles. The van der Waals surface area contributed by atoms with Gasteiger partial charge in [0.1, 0.15) is 29.7 Å². The van der Waals surface area contributed by atoms with Gasteiger partial charge in [0.15, 0.2) is 0 Å². The molecule has 0 fully saturated rings. The Hall–Kier alpha value is -1.78. The molecule has 0 bridgehead atoms. The van der Waals surface area contributed by atoms with Gasteiger partial charge in [-0.05, 0) is 49.2 Å². The highest BCUT2D eigenvalue weighted by Crippen LogP contribution is 2.23. The van der Waals surface area contributed by atoms with Crippen molar-refractivity contribution in [2.75, 3.05) is 13.2 Å². The van der Waals surface area contributed by atoms with Crippen LogP contribution in [-0.2, 0) is 0 Å². The van der Waals surface area contributed by atoms with Crippen LogP contribution in [0.1, 0.15) is 16.7 Å². The molecule has 0 spiro atoms. The van der Waals surface area contributed by atoms with E-state index in [2.05, 4.69) is 6.07 Å². The minimum Gasteiger partial charge on any atom is -0.490 e. The second kappa shape index (κ2) is 7.47. The number of rotatable bonds is 6. The van der Waals surface area contributed by atoms with Gasteiger partial charge < -0.3 is 15.2 Å². The monoisotopic (exact) mass is 335 g/mol. The fraction of sp³-hybridized carbons (Fsp3) is 0.235. The van der Waals surface area contributed by atoms with Crippen molar-refractivity contribution in [3.63, 3.8) is 0 Å². The van der Waals surface area contributed by atoms with Crippen molar-refractivity contribution in [1.82, 2.24) is 0 Å². The molecule has 0 radical (unpaired) electrons. The van der Waals surface area contributed by atoms with Gasteiger partial charge in [0.25, 0.3) is 0 Å². The normalized spacial score (nSPS) is 10.3. The predicted octanol–water partition coefficient (Wildman–Crippen LogP) is 4.05. The van der Waals surface area contributed by atoms with Gasteiger partial charge in [-0.15, -0.1) is 0 Å². The number of halogens is 1. The first-order chi connectivity index (χ1) is 10.5. The number of aryl methyl sites for hydroxylation is 2. The van der Waals surface area contributed by atoms with E-state index in [0.29, 0.717) is 29.5 Å². The first kappa shape index (κ1) is 16.6. The lowest BCUT2D eigenvalue weighted by Crippen LogP contribution is -2.14. The molecule has 0 unspecified atom stereocenters. The smallest absolute Gasteiger partial charge is 0.129 e. The van der Waals surface area contributed by atoms with Crippen LogP contribution in [0.4, 0.5) is 0 Å². The Kier molecular flexibility index (Phi) is 5.63. The van der Waals surface area contributed by atoms with Crippen LogP contribution >= 0.6 is 23.8 Å². The second-order valence-corrected chi connectivity index (χ2v) is 5.85. The van der Waals surface area contributed by atoms with Gasteiger partial charge in [0, 0.05) is 5.02 Å². The summed E-state index contributed by atoms with van der Waals surface area (Å²) < 4.78 is 11.4. The average molecular weight is 336 g/mol. The van der Waals surface area contributed by atoms with E-state index in [4.69, 9.17) is 39.0 Å². The zero-order valence-electron chi connectivity index (χ0n) is 12.6. The molecule has 5 heteroatoms. The third-order valence-electron chi connectivity index (χ3n) is 3.15. The topological polar surface area (TPSA) is 44.5 Å². The number of nitrogens with two attached hydrogens (primary N) is 1. The number of hydrogen-bond donors (Lipinski definition) is 1. The van der Waals surface area contributed by atoms with Crippen molar-refractivity contribution in [3.8, 4) is 11.5 Å². The third-order valence-corrected chi connectivity index (χ3v) is 3.60. The minimum absolute atomic E-state index is 0.257. The zero-order valence-corrected chi connectivity index (χ0v) is 14.1. The van der Waals surface area contributed by atoms with Gasteiger partial charge in [-0.25, -0.2) is 0 Å². The van der Waals surface area contributed by atoms with Crippen LogP contribution in [0, 0.1) is 13.8 Å². The Morgan fingerprint density at radius 1 is 1.05 bits per heavy atom. The van der Waals surface area contributed by atoms with E-state index in [1.54, 1.807) is 18.2 Å². The van der Waals surface area contributed by atoms with Crippen molar-refractivity contribution in [2.45, 2.75) is 13.8 Å². The Bertz CT molecular complexity index is 688. The lowest BCUT2D eigenvalue weighted by molar-refractivity contribution is 0.216. The Balaban J connectivity index is 1.94. The van der Waals surface area contributed by atoms with E-state index in [1.165, 1.54) is 0 Å². The molecule has 116 valence electrons. The molecule has 0 saturated carbocycles. The molecule has 0 aliphatic carbocycles. The van der Waals surface area contributed by atoms with Gasteiger partial charge >= 0.3 is 0 Å². The lowest BCUT2D eigenvalue weighted by atomic mass is 10.1. The van der Waals surface area contributed by atoms with Crippen molar-refractivity contribution in [1.29, 1.82) is 0 Å². The fourth-order valence-electron chi connectivity index (χ4n) is 1.99. The summed E-state index contributed by atoms with van der Waals surface area (Å²) in [5.74, 6) is 1.48. The van der Waals surface area contributed by atoms with Crippen LogP contribution in [0.15, 0.2) is 36.4 Å². The maximum absolute atomic E-state index is 5.94. The summed E-state index contributed by atoms with van der Waals surface area (Å²) >= 11 is 10.9. The first-order valence-electron chi connectivity index (χ1n) is 6.89. The number of hydrogen-bond acceptors (Lipinski definition) is 3. The number of thiocarbonyl (C=S) groups is 1. The van der Waals surface area contributed by atoms with Crippen molar-refractivity contribution < 1.29 is 9.47 Å². The standard InChI is InChI=1S/C17H18ClNO2S/c1-11-3-4-12(2)16(9-11)21-8-7-20-15-6-5-13(18)10-14(15)17(19)22/h3-6,9-10H,7-8H2,1-2H3,(H2,19,22). The molecule has 0 aliphatic rings. The minimum atomic E-state index is 0.257. The van der Waals surface area contributed by atoms with E-state index >= 15 is 0 Å². The number of ether oxygens (including phenoxy) is 2. The van der Waals surface area contributed by atoms with Crippen LogP contribution in [0.25, 0.3) is 0 Å². The summed E-state index contributed by atoms with van der Waals surface area (Å²) in [4.78, 5) is 0.257. The molecule has 0 atom stereocenters. The van der Waals surface area contributed by atoms with E-state index < -0.39 is 0 Å². The highest BCUT2D eigenvalue weighted by atomic mass is 35.5.